The highest BCUT2D eigenvalue weighted by Crippen LogP contribution is 2.48. The van der Waals surface area contributed by atoms with Gasteiger partial charge in [0, 0.05) is 11.5 Å². The molecule has 0 aromatic heterocycles. The van der Waals surface area contributed by atoms with Gasteiger partial charge in [0.05, 0.1) is 0 Å². The molecule has 1 saturated heterocycles. The summed E-state index contributed by atoms with van der Waals surface area (Å²) in [6, 6.07) is 7.07. The van der Waals surface area contributed by atoms with Gasteiger partial charge in [0.15, 0.2) is 11.5 Å². The second-order valence-electron chi connectivity index (χ2n) is 6.43. The third-order valence-corrected chi connectivity index (χ3v) is 5.23. The lowest BCUT2D eigenvalue weighted by molar-refractivity contribution is 0.174. The first-order chi connectivity index (χ1) is 9.69. The number of hydrogen-bond acceptors (Lipinski definition) is 3. The van der Waals surface area contributed by atoms with Crippen LogP contribution in [0.5, 0.6) is 11.5 Å². The highest BCUT2D eigenvalue weighted by atomic mass is 16.7. The Morgan fingerprint density at radius 1 is 1.25 bits per heavy atom. The van der Waals surface area contributed by atoms with E-state index in [9.17, 15) is 0 Å². The number of fused-ring (bicyclic) bond motifs is 2. The van der Waals surface area contributed by atoms with Crippen molar-refractivity contribution < 1.29 is 9.47 Å². The minimum Gasteiger partial charge on any atom is -0.454 e. The first kappa shape index (κ1) is 12.3. The Balaban J connectivity index is 1.80. The van der Waals surface area contributed by atoms with Crippen molar-refractivity contribution in [3.63, 3.8) is 0 Å². The Bertz CT molecular complexity index is 568. The monoisotopic (exact) mass is 271 g/mol. The SMILES string of the molecule is CC1C=C[C@@]2(c3ccc4c(c3)OCO4)CCN(C)[C@H]2C1. The molecule has 1 unspecified atom stereocenters. The quantitative estimate of drug-likeness (QED) is 0.733. The normalized spacial score (nSPS) is 35.3. The van der Waals surface area contributed by atoms with Gasteiger partial charge in [0.25, 0.3) is 0 Å². The molecule has 1 fully saturated rings. The minimum atomic E-state index is 0.155. The van der Waals surface area contributed by atoms with E-state index in [0.717, 1.165) is 18.0 Å². The van der Waals surface area contributed by atoms with Crippen molar-refractivity contribution in [1.82, 2.24) is 4.90 Å². The molecular formula is C17H21NO2. The van der Waals surface area contributed by atoms with Crippen molar-refractivity contribution in [2.45, 2.75) is 31.2 Å². The molecule has 4 rings (SSSR count). The van der Waals surface area contributed by atoms with E-state index in [-0.39, 0.29) is 5.41 Å². The first-order valence-electron chi connectivity index (χ1n) is 7.49. The number of benzene rings is 1. The molecule has 1 aromatic carbocycles. The fourth-order valence-electron chi connectivity index (χ4n) is 4.05. The largest absolute Gasteiger partial charge is 0.454 e. The molecule has 1 aliphatic carbocycles. The summed E-state index contributed by atoms with van der Waals surface area (Å²) in [5, 5.41) is 0. The van der Waals surface area contributed by atoms with E-state index in [1.54, 1.807) is 0 Å². The van der Waals surface area contributed by atoms with Crippen LogP contribution in [0.4, 0.5) is 0 Å². The molecule has 0 amide bonds. The Kier molecular flexibility index (Phi) is 2.61. The van der Waals surface area contributed by atoms with Gasteiger partial charge in [-0.2, -0.15) is 0 Å². The maximum Gasteiger partial charge on any atom is 0.231 e. The number of nitrogens with zero attached hydrogens (tertiary/aromatic N) is 1. The summed E-state index contributed by atoms with van der Waals surface area (Å²) < 4.78 is 11.0. The highest BCUT2D eigenvalue weighted by Gasteiger charge is 2.47. The molecule has 3 atom stereocenters. The summed E-state index contributed by atoms with van der Waals surface area (Å²) in [4.78, 5) is 2.52. The lowest BCUT2D eigenvalue weighted by Gasteiger charge is -2.40. The highest BCUT2D eigenvalue weighted by molar-refractivity contribution is 5.49. The number of likely N-dealkylation sites (tertiary alicyclic amines) is 1. The van der Waals surface area contributed by atoms with Crippen LogP contribution in [0.15, 0.2) is 30.4 Å². The zero-order chi connectivity index (χ0) is 13.7. The molecule has 3 heteroatoms. The first-order valence-corrected chi connectivity index (χ1v) is 7.49. The van der Waals surface area contributed by atoms with Gasteiger partial charge in [-0.05, 0) is 50.0 Å². The van der Waals surface area contributed by atoms with Crippen LogP contribution in [0, 0.1) is 5.92 Å². The smallest absolute Gasteiger partial charge is 0.231 e. The molecule has 3 nitrogen and oxygen atoms in total. The number of allylic oxidation sites excluding steroid dienone is 1. The van der Waals surface area contributed by atoms with Crippen molar-refractivity contribution in [2.75, 3.05) is 20.4 Å². The minimum absolute atomic E-state index is 0.155. The molecule has 2 heterocycles. The van der Waals surface area contributed by atoms with Crippen LogP contribution in [0.2, 0.25) is 0 Å². The topological polar surface area (TPSA) is 21.7 Å². The average Bonchev–Trinajstić information content (AvgIpc) is 3.04. The molecule has 0 bridgehead atoms. The van der Waals surface area contributed by atoms with Crippen LogP contribution in [0.3, 0.4) is 0 Å². The van der Waals surface area contributed by atoms with E-state index in [2.05, 4.69) is 49.2 Å². The van der Waals surface area contributed by atoms with Crippen molar-refractivity contribution in [1.29, 1.82) is 0 Å². The maximum absolute atomic E-state index is 5.56. The third kappa shape index (κ3) is 1.62. The van der Waals surface area contributed by atoms with Crippen LogP contribution in [-0.4, -0.2) is 31.3 Å². The summed E-state index contributed by atoms with van der Waals surface area (Å²) >= 11 is 0. The van der Waals surface area contributed by atoms with Crippen LogP contribution in [0.1, 0.15) is 25.3 Å². The van der Waals surface area contributed by atoms with E-state index in [1.165, 1.54) is 18.4 Å². The summed E-state index contributed by atoms with van der Waals surface area (Å²) in [6.07, 6.45) is 7.27. The van der Waals surface area contributed by atoms with Gasteiger partial charge in [-0.1, -0.05) is 25.1 Å². The summed E-state index contributed by atoms with van der Waals surface area (Å²) in [5.74, 6) is 2.45. The predicted octanol–water partition coefficient (Wildman–Crippen LogP) is 2.95. The third-order valence-electron chi connectivity index (χ3n) is 5.23. The zero-order valence-electron chi connectivity index (χ0n) is 12.1. The van der Waals surface area contributed by atoms with Crippen molar-refractivity contribution in [3.8, 4) is 11.5 Å². The van der Waals surface area contributed by atoms with Gasteiger partial charge in [-0.3, -0.25) is 0 Å². The number of hydrogen-bond donors (Lipinski definition) is 0. The van der Waals surface area contributed by atoms with Gasteiger partial charge in [-0.25, -0.2) is 0 Å². The number of rotatable bonds is 1. The Hall–Kier alpha value is -1.48. The molecule has 0 spiro atoms. The molecule has 0 N–H and O–H groups in total. The molecular weight excluding hydrogens is 250 g/mol. The molecule has 2 aliphatic heterocycles. The van der Waals surface area contributed by atoms with Gasteiger partial charge >= 0.3 is 0 Å². The van der Waals surface area contributed by atoms with Gasteiger partial charge in [0.1, 0.15) is 0 Å². The van der Waals surface area contributed by atoms with Crippen molar-refractivity contribution in [2.24, 2.45) is 5.92 Å². The van der Waals surface area contributed by atoms with E-state index in [4.69, 9.17) is 9.47 Å². The number of likely N-dealkylation sites (N-methyl/N-ethyl adjacent to an activating group) is 1. The lowest BCUT2D eigenvalue weighted by Crippen LogP contribution is -2.43. The van der Waals surface area contributed by atoms with Crippen LogP contribution < -0.4 is 9.47 Å². The summed E-state index contributed by atoms with van der Waals surface area (Å²) in [5.41, 5.74) is 1.53. The summed E-state index contributed by atoms with van der Waals surface area (Å²) in [6.45, 7) is 3.82. The fourth-order valence-corrected chi connectivity index (χ4v) is 4.05. The Morgan fingerprint density at radius 3 is 3.00 bits per heavy atom. The van der Waals surface area contributed by atoms with Crippen molar-refractivity contribution >= 4 is 0 Å². The van der Waals surface area contributed by atoms with Gasteiger partial charge in [-0.15, -0.1) is 0 Å². The van der Waals surface area contributed by atoms with Gasteiger partial charge < -0.3 is 14.4 Å². The van der Waals surface area contributed by atoms with Crippen LogP contribution >= 0.6 is 0 Å². The standard InChI is InChI=1S/C17H21NO2/c1-12-5-6-17(7-8-18(2)16(17)9-12)13-3-4-14-15(10-13)20-11-19-14/h3-6,10,12,16H,7-9,11H2,1-2H3/t12?,16-,17-/m0/s1. The second-order valence-corrected chi connectivity index (χ2v) is 6.43. The van der Waals surface area contributed by atoms with E-state index < -0.39 is 0 Å². The molecule has 0 radical (unpaired) electrons. The number of ether oxygens (including phenoxy) is 2. The lowest BCUT2D eigenvalue weighted by atomic mass is 9.68. The predicted molar refractivity (Wildman–Crippen MR) is 78.2 cm³/mol. The maximum atomic E-state index is 5.56. The van der Waals surface area contributed by atoms with Crippen molar-refractivity contribution in [3.05, 3.63) is 35.9 Å². The Morgan fingerprint density at radius 2 is 2.10 bits per heavy atom. The molecule has 0 saturated carbocycles. The van der Waals surface area contributed by atoms with E-state index in [0.29, 0.717) is 18.8 Å². The fraction of sp³-hybridized carbons (Fsp3) is 0.529. The Labute approximate surface area is 120 Å². The molecule has 1 aromatic rings. The molecule has 106 valence electrons. The van der Waals surface area contributed by atoms with Crippen LogP contribution in [0.25, 0.3) is 0 Å². The van der Waals surface area contributed by atoms with E-state index >= 15 is 0 Å². The molecule has 20 heavy (non-hydrogen) atoms. The summed E-state index contributed by atoms with van der Waals surface area (Å²) in [7, 11) is 2.26. The van der Waals surface area contributed by atoms with Gasteiger partial charge in [0.2, 0.25) is 6.79 Å². The molecule has 3 aliphatic rings. The second kappa shape index (κ2) is 4.26. The van der Waals surface area contributed by atoms with Crippen LogP contribution in [-0.2, 0) is 5.41 Å². The zero-order valence-corrected chi connectivity index (χ0v) is 12.1. The van der Waals surface area contributed by atoms with E-state index in [1.807, 2.05) is 0 Å². The average molecular weight is 271 g/mol.